The summed E-state index contributed by atoms with van der Waals surface area (Å²) in [5.41, 5.74) is 6.52. The molecule has 1 heterocycles. The van der Waals surface area contributed by atoms with Gasteiger partial charge in [0, 0.05) is 0 Å². The number of benzene rings is 1. The molecule has 2 rings (SSSR count). The van der Waals surface area contributed by atoms with Crippen molar-refractivity contribution in [2.45, 2.75) is 32.6 Å². The highest BCUT2D eigenvalue weighted by Crippen LogP contribution is 2.17. The highest BCUT2D eigenvalue weighted by Gasteiger charge is 2.12. The van der Waals surface area contributed by atoms with Gasteiger partial charge in [-0.2, -0.15) is 0 Å². The third kappa shape index (κ3) is 6.44. The molecule has 17 heavy (non-hydrogen) atoms. The molecular formula is C15H26N2. The summed E-state index contributed by atoms with van der Waals surface area (Å²) >= 11 is 0. The highest BCUT2D eigenvalue weighted by atomic mass is 14.9. The van der Waals surface area contributed by atoms with Crippen LogP contribution in [0.2, 0.25) is 0 Å². The third-order valence-electron chi connectivity index (χ3n) is 3.11. The van der Waals surface area contributed by atoms with Gasteiger partial charge in [-0.25, -0.2) is 0 Å². The Bertz CT molecular complexity index is 264. The molecule has 0 spiro atoms. The van der Waals surface area contributed by atoms with Crippen LogP contribution < -0.4 is 11.1 Å². The van der Waals surface area contributed by atoms with Gasteiger partial charge in [0.1, 0.15) is 0 Å². The fourth-order valence-corrected chi connectivity index (χ4v) is 2.03. The molecule has 1 aliphatic heterocycles. The summed E-state index contributed by atoms with van der Waals surface area (Å²) in [6, 6.07) is 10.8. The Balaban J connectivity index is 0.000000317. The first-order chi connectivity index (χ1) is 8.36. The van der Waals surface area contributed by atoms with Gasteiger partial charge in [-0.05, 0) is 56.8 Å². The number of rotatable bonds is 3. The van der Waals surface area contributed by atoms with Gasteiger partial charge in [-0.3, -0.25) is 0 Å². The standard InChI is InChI=1S/C12H17N.C3H9N/c1-2-4-11(5-3-1)10-12-6-8-13-9-7-12;1-2-3-4/h1-5,12-13H,6-10H2;2-4H2,1H3. The van der Waals surface area contributed by atoms with E-state index in [9.17, 15) is 0 Å². The predicted octanol–water partition coefficient (Wildman–Crippen LogP) is 2.58. The maximum atomic E-state index is 5.03. The zero-order valence-electron chi connectivity index (χ0n) is 11.0. The van der Waals surface area contributed by atoms with Crippen molar-refractivity contribution in [2.24, 2.45) is 11.7 Å². The topological polar surface area (TPSA) is 38.0 Å². The summed E-state index contributed by atoms with van der Waals surface area (Å²) in [5, 5.41) is 3.40. The van der Waals surface area contributed by atoms with E-state index in [-0.39, 0.29) is 0 Å². The van der Waals surface area contributed by atoms with Gasteiger partial charge in [0.15, 0.2) is 0 Å². The molecule has 2 nitrogen and oxygen atoms in total. The van der Waals surface area contributed by atoms with Gasteiger partial charge in [0.25, 0.3) is 0 Å². The molecule has 0 aliphatic carbocycles. The van der Waals surface area contributed by atoms with E-state index in [4.69, 9.17) is 5.73 Å². The molecule has 0 bridgehead atoms. The van der Waals surface area contributed by atoms with E-state index < -0.39 is 0 Å². The quantitative estimate of drug-likeness (QED) is 0.843. The summed E-state index contributed by atoms with van der Waals surface area (Å²) in [4.78, 5) is 0. The van der Waals surface area contributed by atoms with Crippen molar-refractivity contribution in [3.8, 4) is 0 Å². The van der Waals surface area contributed by atoms with Crippen molar-refractivity contribution < 1.29 is 0 Å². The highest BCUT2D eigenvalue weighted by molar-refractivity contribution is 5.15. The molecule has 1 fully saturated rings. The van der Waals surface area contributed by atoms with E-state index >= 15 is 0 Å². The van der Waals surface area contributed by atoms with Crippen LogP contribution in [-0.2, 0) is 6.42 Å². The Kier molecular flexibility index (Phi) is 7.69. The average molecular weight is 234 g/mol. The number of nitrogens with two attached hydrogens (primary N) is 1. The summed E-state index contributed by atoms with van der Waals surface area (Å²) in [6.45, 7) is 5.29. The van der Waals surface area contributed by atoms with Gasteiger partial charge < -0.3 is 11.1 Å². The van der Waals surface area contributed by atoms with E-state index in [0.29, 0.717) is 0 Å². The molecule has 1 aromatic rings. The second kappa shape index (κ2) is 9.20. The third-order valence-corrected chi connectivity index (χ3v) is 3.11. The first-order valence-electron chi connectivity index (χ1n) is 6.81. The van der Waals surface area contributed by atoms with Crippen molar-refractivity contribution in [2.75, 3.05) is 19.6 Å². The second-order valence-electron chi connectivity index (χ2n) is 4.67. The van der Waals surface area contributed by atoms with E-state index in [1.165, 1.54) is 37.9 Å². The van der Waals surface area contributed by atoms with Crippen LogP contribution in [0.5, 0.6) is 0 Å². The minimum atomic E-state index is 0.819. The van der Waals surface area contributed by atoms with Crippen LogP contribution in [0, 0.1) is 5.92 Å². The Morgan fingerprint density at radius 1 is 1.18 bits per heavy atom. The lowest BCUT2D eigenvalue weighted by Gasteiger charge is -2.22. The molecular weight excluding hydrogens is 208 g/mol. The molecule has 0 aromatic heterocycles. The number of hydrogen-bond donors (Lipinski definition) is 2. The molecule has 0 saturated carbocycles. The van der Waals surface area contributed by atoms with Crippen molar-refractivity contribution in [3.05, 3.63) is 35.9 Å². The summed E-state index contributed by atoms with van der Waals surface area (Å²) in [7, 11) is 0. The molecule has 0 unspecified atom stereocenters. The first-order valence-corrected chi connectivity index (χ1v) is 6.81. The van der Waals surface area contributed by atoms with Gasteiger partial charge in [0.2, 0.25) is 0 Å². The fourth-order valence-electron chi connectivity index (χ4n) is 2.03. The smallest absolute Gasteiger partial charge is 0.00462 e. The second-order valence-corrected chi connectivity index (χ2v) is 4.67. The van der Waals surface area contributed by atoms with Crippen LogP contribution in [0.25, 0.3) is 0 Å². The molecule has 2 heteroatoms. The van der Waals surface area contributed by atoms with Gasteiger partial charge in [0.05, 0.1) is 0 Å². The molecule has 1 aliphatic rings. The summed E-state index contributed by atoms with van der Waals surface area (Å²) in [5.74, 6) is 0.906. The van der Waals surface area contributed by atoms with Crippen LogP contribution in [0.4, 0.5) is 0 Å². The molecule has 96 valence electrons. The number of nitrogens with one attached hydrogen (secondary N) is 1. The monoisotopic (exact) mass is 234 g/mol. The summed E-state index contributed by atoms with van der Waals surface area (Å²) < 4.78 is 0. The zero-order valence-corrected chi connectivity index (χ0v) is 11.0. The van der Waals surface area contributed by atoms with Gasteiger partial charge in [-0.1, -0.05) is 37.3 Å². The molecule has 0 atom stereocenters. The predicted molar refractivity (Wildman–Crippen MR) is 75.1 cm³/mol. The van der Waals surface area contributed by atoms with E-state index in [1.807, 2.05) is 0 Å². The SMILES string of the molecule is CCCN.c1ccc(CC2CCNCC2)cc1. The first kappa shape index (κ1) is 14.2. The number of hydrogen-bond acceptors (Lipinski definition) is 2. The van der Waals surface area contributed by atoms with Crippen LogP contribution in [0.3, 0.4) is 0 Å². The maximum Gasteiger partial charge on any atom is -0.00462 e. The van der Waals surface area contributed by atoms with Crippen molar-refractivity contribution in [1.82, 2.24) is 5.32 Å². The molecule has 0 amide bonds. The lowest BCUT2D eigenvalue weighted by molar-refractivity contribution is 0.372. The Labute approximate surface area is 106 Å². The lowest BCUT2D eigenvalue weighted by Crippen LogP contribution is -2.28. The van der Waals surface area contributed by atoms with Crippen LogP contribution in [0.1, 0.15) is 31.7 Å². The Morgan fingerprint density at radius 2 is 1.76 bits per heavy atom. The minimum absolute atomic E-state index is 0.819. The van der Waals surface area contributed by atoms with Crippen LogP contribution in [0.15, 0.2) is 30.3 Å². The van der Waals surface area contributed by atoms with E-state index in [2.05, 4.69) is 42.6 Å². The normalized spacial score (nSPS) is 16.1. The molecule has 1 saturated heterocycles. The maximum absolute atomic E-state index is 5.03. The lowest BCUT2D eigenvalue weighted by atomic mass is 9.91. The van der Waals surface area contributed by atoms with Crippen molar-refractivity contribution in [1.29, 1.82) is 0 Å². The van der Waals surface area contributed by atoms with Gasteiger partial charge >= 0.3 is 0 Å². The van der Waals surface area contributed by atoms with E-state index in [1.54, 1.807) is 0 Å². The Hall–Kier alpha value is -0.860. The van der Waals surface area contributed by atoms with Crippen molar-refractivity contribution >= 4 is 0 Å². The van der Waals surface area contributed by atoms with Gasteiger partial charge in [-0.15, -0.1) is 0 Å². The number of piperidine rings is 1. The van der Waals surface area contributed by atoms with E-state index in [0.717, 1.165) is 18.9 Å². The molecule has 1 aromatic carbocycles. The minimum Gasteiger partial charge on any atom is -0.330 e. The molecule has 0 radical (unpaired) electrons. The van der Waals surface area contributed by atoms with Crippen LogP contribution >= 0.6 is 0 Å². The Morgan fingerprint density at radius 3 is 2.29 bits per heavy atom. The summed E-state index contributed by atoms with van der Waals surface area (Å²) in [6.07, 6.45) is 5.05. The van der Waals surface area contributed by atoms with Crippen molar-refractivity contribution in [3.63, 3.8) is 0 Å². The van der Waals surface area contributed by atoms with Crippen LogP contribution in [-0.4, -0.2) is 19.6 Å². The fraction of sp³-hybridized carbons (Fsp3) is 0.600. The molecule has 3 N–H and O–H groups in total. The largest absolute Gasteiger partial charge is 0.330 e. The average Bonchev–Trinajstić information content (AvgIpc) is 2.41. The zero-order chi connectivity index (χ0) is 12.3.